The van der Waals surface area contributed by atoms with Crippen LogP contribution < -0.4 is 30.4 Å². The summed E-state index contributed by atoms with van der Waals surface area (Å²) in [6.45, 7) is 2.10. The SMILES string of the molecule is C#Cc1cccc(Nc2nc[n+](Cc3ccc(O[C@@H]4O[C@H](C(=O)O)[C@@H](O)[C@H](O)[C@H]4O)c(NC(=O)CCNC(=O)CCOCCOCCOCCC(C)=O)c3)c3c2ccn3[C@@H]2O[C@H](COS(N)(=O)=O)[C@@H](O)[C@H]2O)c1.[CH3-]. The quantitative estimate of drug-likeness (QED) is 0.0141. The van der Waals surface area contributed by atoms with Crippen LogP contribution in [0.3, 0.4) is 0 Å². The fourth-order valence-corrected chi connectivity index (χ4v) is 7.89. The number of nitrogens with one attached hydrogen (secondary N) is 3. The van der Waals surface area contributed by atoms with E-state index >= 15 is 0 Å². The Morgan fingerprint density at radius 1 is 0.865 bits per heavy atom. The minimum Gasteiger partial charge on any atom is -0.479 e. The minimum absolute atomic E-state index is 0. The lowest BCUT2D eigenvalue weighted by atomic mass is 9.99. The van der Waals surface area contributed by atoms with Gasteiger partial charge in [0, 0.05) is 37.1 Å². The zero-order chi connectivity index (χ0) is 52.8. The van der Waals surface area contributed by atoms with E-state index in [0.717, 1.165) is 0 Å². The van der Waals surface area contributed by atoms with Gasteiger partial charge in [-0.2, -0.15) is 8.42 Å². The lowest BCUT2D eigenvalue weighted by molar-refractivity contribution is -0.668. The van der Waals surface area contributed by atoms with Crippen LogP contribution in [0, 0.1) is 19.8 Å². The number of carboxylic acids is 1. The van der Waals surface area contributed by atoms with E-state index in [1.165, 1.54) is 36.0 Å². The second-order valence-corrected chi connectivity index (χ2v) is 17.9. The van der Waals surface area contributed by atoms with E-state index in [4.69, 9.17) is 40.0 Å². The van der Waals surface area contributed by atoms with Crippen molar-refractivity contribution < 1.29 is 95.4 Å². The number of carbonyl (C=O) groups is 4. The summed E-state index contributed by atoms with van der Waals surface area (Å²) >= 11 is 0. The van der Waals surface area contributed by atoms with Crippen molar-refractivity contribution >= 4 is 62.1 Å². The van der Waals surface area contributed by atoms with Gasteiger partial charge in [0.05, 0.1) is 64.7 Å². The monoisotopic (exact) mass is 1060 g/mol. The smallest absolute Gasteiger partial charge is 0.335 e. The molecule has 0 spiro atoms. The number of rotatable bonds is 27. The molecule has 0 unspecified atom stereocenters. The molecular formula is C47H61N7O19S. The molecule has 26 nitrogen and oxygen atoms in total. The number of anilines is 3. The maximum Gasteiger partial charge on any atom is 0.335 e. The van der Waals surface area contributed by atoms with E-state index in [9.17, 15) is 58.2 Å². The highest BCUT2D eigenvalue weighted by Crippen LogP contribution is 2.35. The second-order valence-electron chi connectivity index (χ2n) is 16.7. The predicted octanol–water partition coefficient (Wildman–Crippen LogP) is -1.48. The van der Waals surface area contributed by atoms with Crippen LogP contribution in [0.2, 0.25) is 0 Å². The van der Waals surface area contributed by atoms with E-state index in [-0.39, 0.29) is 70.4 Å². The lowest BCUT2D eigenvalue weighted by Crippen LogP contribution is -2.61. The number of aliphatic hydroxyl groups is 5. The van der Waals surface area contributed by atoms with Crippen molar-refractivity contribution in [2.45, 2.75) is 88.0 Å². The Balaban J connectivity index is 0.0000101. The molecule has 0 saturated carbocycles. The molecule has 2 aromatic heterocycles. The number of nitrogens with zero attached hydrogens (tertiary/aromatic N) is 3. The van der Waals surface area contributed by atoms with E-state index in [1.807, 2.05) is 0 Å². The van der Waals surface area contributed by atoms with Crippen LogP contribution in [0.5, 0.6) is 5.75 Å². The largest absolute Gasteiger partial charge is 0.479 e. The van der Waals surface area contributed by atoms with Crippen LogP contribution in [0.25, 0.3) is 11.0 Å². The van der Waals surface area contributed by atoms with Gasteiger partial charge in [-0.1, -0.05) is 23.0 Å². The third-order valence-corrected chi connectivity index (χ3v) is 11.7. The molecule has 0 bridgehead atoms. The maximum atomic E-state index is 13.5. The van der Waals surface area contributed by atoms with Gasteiger partial charge in [0.1, 0.15) is 53.5 Å². The Bertz CT molecular complexity index is 2720. The molecule has 2 aliphatic rings. The third kappa shape index (κ3) is 16.1. The van der Waals surface area contributed by atoms with Gasteiger partial charge >= 0.3 is 16.3 Å². The molecule has 4 heterocycles. The molecule has 0 radical (unpaired) electrons. The summed E-state index contributed by atoms with van der Waals surface area (Å²) in [4.78, 5) is 53.5. The predicted molar refractivity (Wildman–Crippen MR) is 258 cm³/mol. The van der Waals surface area contributed by atoms with Gasteiger partial charge in [0.15, 0.2) is 6.10 Å². The molecule has 2 aliphatic heterocycles. The van der Waals surface area contributed by atoms with Crippen molar-refractivity contribution in [3.63, 3.8) is 0 Å². The molecule has 2 amide bonds. The van der Waals surface area contributed by atoms with Gasteiger partial charge in [-0.15, -0.1) is 6.42 Å². The van der Waals surface area contributed by atoms with Crippen molar-refractivity contribution in [3.8, 4) is 18.1 Å². The first-order chi connectivity index (χ1) is 34.8. The number of aliphatic carboxylic acids is 1. The molecule has 6 rings (SSSR count). The van der Waals surface area contributed by atoms with Crippen molar-refractivity contribution in [3.05, 3.63) is 79.6 Å². The van der Waals surface area contributed by atoms with Gasteiger partial charge in [-0.05, 0) is 48.9 Å². The van der Waals surface area contributed by atoms with Gasteiger partial charge in [-0.25, -0.2) is 19.1 Å². The minimum atomic E-state index is -4.44. The average Bonchev–Trinajstić information content (AvgIpc) is 3.91. The average molecular weight is 1060 g/mol. The van der Waals surface area contributed by atoms with Crippen LogP contribution in [0.4, 0.5) is 17.2 Å². The Kier molecular flexibility index (Phi) is 21.7. The Morgan fingerprint density at radius 3 is 2.24 bits per heavy atom. The molecule has 9 atom stereocenters. The van der Waals surface area contributed by atoms with E-state index in [0.29, 0.717) is 59.9 Å². The fraction of sp³-hybridized carbons (Fsp3) is 0.468. The molecule has 0 aliphatic carbocycles. The van der Waals surface area contributed by atoms with Crippen molar-refractivity contribution in [1.29, 1.82) is 0 Å². The first-order valence-electron chi connectivity index (χ1n) is 22.8. The molecule has 2 aromatic carbocycles. The Morgan fingerprint density at radius 2 is 1.57 bits per heavy atom. The van der Waals surface area contributed by atoms with Crippen molar-refractivity contribution in [2.24, 2.45) is 5.14 Å². The molecule has 404 valence electrons. The molecule has 74 heavy (non-hydrogen) atoms. The number of ketones is 1. The van der Waals surface area contributed by atoms with Crippen LogP contribution in [-0.4, -0.2) is 174 Å². The number of terminal acetylenes is 1. The molecule has 2 fully saturated rings. The van der Waals surface area contributed by atoms with Crippen LogP contribution in [0.15, 0.2) is 61.1 Å². The van der Waals surface area contributed by atoms with Gasteiger partial charge < -0.3 is 82.4 Å². The normalized spacial score (nSPS) is 22.6. The summed E-state index contributed by atoms with van der Waals surface area (Å²) in [5.74, 6) is 0.0564. The second kappa shape index (κ2) is 27.3. The number of nitrogens with two attached hydrogens (primary N) is 1. The standard InChI is InChI=1S/C46H57N7O19S.CH3/c1-3-27-5-4-6-29(21-27)50-42-30-10-14-53(44-39(60)36(57)33(70-44)24-69-73(47,64)65)43(30)52(25-49-42)23-28-7-8-32(71-46-40(61)37(58)38(59)41(72-46)45(62)63)31(22-28)51-35(56)9-13-48-34(55)12-16-67-18-20-68-19-17-66-15-11-26(2)54;/h1,4-8,10,14,21-22,25,33,36-41,44,46,57-61H,9,11-13,15-20,23-24H2,2H3,(H5,47,48,51,55,56,62,63,64,65);1H3/q;-1/p+1/t33-,36-,37+,38+,39-,40-,41+,44-,46-;/m1./s1. The highest BCUT2D eigenvalue weighted by molar-refractivity contribution is 7.84. The molecule has 11 N–H and O–H groups in total. The number of amides is 2. The molecular weight excluding hydrogens is 999 g/mol. The molecule has 27 heteroatoms. The van der Waals surface area contributed by atoms with E-state index in [1.54, 1.807) is 41.1 Å². The maximum absolute atomic E-state index is 13.5. The topological polar surface area (TPSA) is 372 Å². The number of carbonyl (C=O) groups excluding carboxylic acids is 3. The van der Waals surface area contributed by atoms with Gasteiger partial charge in [0.25, 0.3) is 0 Å². The number of hydrogen-bond donors (Lipinski definition) is 10. The van der Waals surface area contributed by atoms with Crippen molar-refractivity contribution in [2.75, 3.05) is 63.4 Å². The zero-order valence-electron chi connectivity index (χ0n) is 40.4. The molecule has 2 saturated heterocycles. The number of fused-ring (bicyclic) bond motifs is 1. The number of ether oxygens (including phenoxy) is 6. The lowest BCUT2D eigenvalue weighted by Gasteiger charge is -2.38. The number of hydrogen-bond acceptors (Lipinski definition) is 20. The van der Waals surface area contributed by atoms with Crippen LogP contribution in [0.1, 0.15) is 43.5 Å². The zero-order valence-corrected chi connectivity index (χ0v) is 41.2. The third-order valence-electron chi connectivity index (χ3n) is 11.3. The number of benzene rings is 2. The number of Topliss-reactive ketones (excluding diaryl/α,β-unsaturated/α-hetero) is 1. The summed E-state index contributed by atoms with van der Waals surface area (Å²) in [6.07, 6.45) is -7.04. The number of aliphatic hydroxyl groups excluding tert-OH is 5. The Labute approximate surface area is 425 Å². The first kappa shape index (κ1) is 58.7. The summed E-state index contributed by atoms with van der Waals surface area (Å²) in [6, 6.07) is 13.0. The highest BCUT2D eigenvalue weighted by Gasteiger charge is 2.49. The summed E-state index contributed by atoms with van der Waals surface area (Å²) in [5.41, 5.74) is 1.90. The molecule has 4 aromatic rings. The Hall–Kier alpha value is -6.23. The fourth-order valence-electron chi connectivity index (χ4n) is 7.57. The number of carboxylic acid groups (broad SMARTS) is 1. The summed E-state index contributed by atoms with van der Waals surface area (Å²) in [5, 5.41) is 77.3. The van der Waals surface area contributed by atoms with E-state index < -0.39 is 89.9 Å². The highest BCUT2D eigenvalue weighted by atomic mass is 32.2. The van der Waals surface area contributed by atoms with E-state index in [2.05, 4.69) is 31.0 Å². The summed E-state index contributed by atoms with van der Waals surface area (Å²) in [7, 11) is -4.44. The van der Waals surface area contributed by atoms with Crippen LogP contribution in [-0.2, 0) is 63.9 Å². The summed E-state index contributed by atoms with van der Waals surface area (Å²) < 4.78 is 64.1. The number of aromatic nitrogens is 3. The first-order valence-corrected chi connectivity index (χ1v) is 24.2. The van der Waals surface area contributed by atoms with Crippen LogP contribution >= 0.6 is 0 Å². The van der Waals surface area contributed by atoms with Crippen molar-refractivity contribution in [1.82, 2.24) is 14.9 Å². The van der Waals surface area contributed by atoms with Gasteiger partial charge in [0.2, 0.25) is 42.1 Å². The van der Waals surface area contributed by atoms with Gasteiger partial charge in [-0.3, -0.25) is 18.6 Å².